The molecule has 3 aliphatic rings. The van der Waals surface area contributed by atoms with Gasteiger partial charge in [-0.1, -0.05) is 283 Å². The maximum absolute atomic E-state index is 14.0. The van der Waals surface area contributed by atoms with Gasteiger partial charge in [-0.05, 0) is 228 Å². The van der Waals surface area contributed by atoms with Crippen LogP contribution >= 0.6 is 45.2 Å². The number of hydrogen-bond donors (Lipinski definition) is 4. The number of halogens is 2. The maximum Gasteiger partial charge on any atom is 0.259 e. The SMILES string of the molecule is C#CCN(C(=O)c1ccccc1I)C(C(=O)NCCCC)C1CCCCC1.C#CCN(C(=O)c1ccccc1I)C(C(=O)NCc1ccccc1)C1CCCCC1.COc1ccc(C(C(=O)NCc2ccccc2)N(C(=O)c2ccccc2C)c2ccccc2)cc1.Cc1ccccc1C(=O)N(c1ccccc1)C(C(=O)NCc1ccccc1)C1CCCCC1. The third-order valence-electron chi connectivity index (χ3n) is 23.3. The van der Waals surface area contributed by atoms with Crippen LogP contribution in [0.15, 0.2) is 273 Å². The Morgan fingerprint density at radius 2 is 0.696 bits per heavy atom. The van der Waals surface area contributed by atoms with Crippen molar-refractivity contribution in [3.05, 3.63) is 336 Å². The Bertz CT molecular complexity index is 5190. The molecule has 0 heterocycles. The number of methoxy groups -OCH3 is 1. The van der Waals surface area contributed by atoms with Gasteiger partial charge in [-0.3, -0.25) is 48.2 Å². The van der Waals surface area contributed by atoms with Gasteiger partial charge in [-0.2, -0.15) is 0 Å². The number of nitrogens with one attached hydrogen (secondary N) is 4. The molecular weight excluding hydrogens is 1780 g/mol. The molecule has 3 fully saturated rings. The number of benzene rings is 10. The number of anilines is 2. The van der Waals surface area contributed by atoms with Crippen LogP contribution in [0.3, 0.4) is 0 Å². The monoisotopic (exact) mass is 1900 g/mol. The fraction of sp³-hybridized carbons (Fsp3) is 0.321. The van der Waals surface area contributed by atoms with Crippen LogP contribution in [-0.4, -0.2) is 102 Å². The van der Waals surface area contributed by atoms with Gasteiger partial charge in [0.25, 0.3) is 23.6 Å². The summed E-state index contributed by atoms with van der Waals surface area (Å²) in [5.74, 6) is 5.05. The van der Waals surface area contributed by atoms with E-state index in [1.54, 1.807) is 57.0 Å². The van der Waals surface area contributed by atoms with Crippen LogP contribution in [0, 0.1) is 63.4 Å². The summed E-state index contributed by atoms with van der Waals surface area (Å²) in [4.78, 5) is 115. The van der Waals surface area contributed by atoms with E-state index in [2.05, 4.69) is 85.2 Å². The topological polar surface area (TPSA) is 207 Å². The molecule has 3 saturated carbocycles. The molecule has 648 valence electrons. The number of rotatable bonds is 30. The highest BCUT2D eigenvalue weighted by Gasteiger charge is 2.42. The van der Waals surface area contributed by atoms with E-state index in [4.69, 9.17) is 17.6 Å². The number of carbonyl (C=O) groups is 8. The van der Waals surface area contributed by atoms with E-state index < -0.39 is 24.2 Å². The highest BCUT2D eigenvalue weighted by atomic mass is 127. The minimum Gasteiger partial charge on any atom is -0.497 e. The number of hydrogen-bond acceptors (Lipinski definition) is 9. The average molecular weight is 1900 g/mol. The Morgan fingerprint density at radius 3 is 1.06 bits per heavy atom. The molecule has 0 radical (unpaired) electrons. The van der Waals surface area contributed by atoms with Crippen LogP contribution in [0.1, 0.15) is 197 Å². The van der Waals surface area contributed by atoms with Crippen LogP contribution in [0.4, 0.5) is 11.4 Å². The molecule has 0 spiro atoms. The van der Waals surface area contributed by atoms with Gasteiger partial charge in [0.05, 0.1) is 31.3 Å². The molecule has 4 unspecified atom stereocenters. The zero-order valence-electron chi connectivity index (χ0n) is 72.2. The highest BCUT2D eigenvalue weighted by Crippen LogP contribution is 2.37. The molecular formula is C106H116I2N8O9. The smallest absolute Gasteiger partial charge is 0.259 e. The standard InChI is InChI=1S/C30H28N2O3.C29H32N2O2.C25H27IN2O2.C22H29IN2O2/c1-22-11-9-10-16-27(22)30(34)32(25-14-7-4-8-15-25)28(24-17-19-26(35-2)20-18-24)29(33)31-21-23-12-5-3-6-13-23;1-22-13-11-12-20-26(22)29(33)31(25-18-9-4-10-19-25)27(24-16-7-3-8-17-24)28(32)30-21-23-14-5-2-6-15-23;1-2-17-28(25(30)21-15-9-10-16-22(21)26)23(20-13-7-4-8-14-20)24(29)27-18-19-11-5-3-6-12-19;1-3-5-15-24-21(26)20(17-11-7-6-8-12-17)25(16-4-2)22(27)18-13-9-10-14-19(18)23/h3-20,28H,21H2,1-2H3,(H,31,33);2,4-6,9-15,18-20,24,27H,3,7-8,16-17,21H2,1H3,(H,30,32);1,3,5-6,9-12,15-16,20,23H,4,7-8,13-14,17-18H2,(H,27,29);2,9-10,13-14,17,20H,3,5-8,11-12,15-16H2,1H3,(H,24,26). The molecule has 0 bridgehead atoms. The summed E-state index contributed by atoms with van der Waals surface area (Å²) in [6, 6.07) is 83.0. The first-order valence-electron chi connectivity index (χ1n) is 43.7. The fourth-order valence-electron chi connectivity index (χ4n) is 16.7. The first kappa shape index (κ1) is 95.6. The number of unbranched alkanes of at least 4 members (excludes halogenated alkanes) is 1. The zero-order chi connectivity index (χ0) is 88.7. The second kappa shape index (κ2) is 50.9. The molecule has 13 rings (SSSR count). The van der Waals surface area contributed by atoms with Gasteiger partial charge in [0, 0.05) is 55.8 Å². The van der Waals surface area contributed by atoms with Crippen molar-refractivity contribution < 1.29 is 43.1 Å². The van der Waals surface area contributed by atoms with Gasteiger partial charge in [0.2, 0.25) is 23.6 Å². The molecule has 17 nitrogen and oxygen atoms in total. The molecule has 125 heavy (non-hydrogen) atoms. The lowest BCUT2D eigenvalue weighted by Gasteiger charge is -2.38. The highest BCUT2D eigenvalue weighted by molar-refractivity contribution is 14.1. The minimum atomic E-state index is -0.890. The predicted octanol–water partition coefficient (Wildman–Crippen LogP) is 20.5. The molecule has 4 N–H and O–H groups in total. The zero-order valence-corrected chi connectivity index (χ0v) is 76.5. The average Bonchev–Trinajstić information content (AvgIpc) is 0.789. The Morgan fingerprint density at radius 1 is 0.376 bits per heavy atom. The van der Waals surface area contributed by atoms with Gasteiger partial charge in [-0.15, -0.1) is 12.8 Å². The quantitative estimate of drug-likeness (QED) is 0.0192. The normalized spacial score (nSPS) is 14.1. The van der Waals surface area contributed by atoms with Crippen molar-refractivity contribution in [3.63, 3.8) is 0 Å². The summed E-state index contributed by atoms with van der Waals surface area (Å²) in [6.45, 7) is 8.07. The van der Waals surface area contributed by atoms with E-state index in [0.29, 0.717) is 65.4 Å². The van der Waals surface area contributed by atoms with Crippen LogP contribution in [0.2, 0.25) is 0 Å². The molecule has 0 aliphatic heterocycles. The van der Waals surface area contributed by atoms with Crippen molar-refractivity contribution in [2.75, 3.05) is 36.5 Å². The first-order chi connectivity index (χ1) is 60.9. The van der Waals surface area contributed by atoms with Crippen molar-refractivity contribution in [3.8, 4) is 30.4 Å². The molecule has 8 amide bonds. The second-order valence-electron chi connectivity index (χ2n) is 31.8. The Balaban J connectivity index is 0.000000175. The number of amides is 8. The van der Waals surface area contributed by atoms with Crippen molar-refractivity contribution in [1.29, 1.82) is 0 Å². The third kappa shape index (κ3) is 27.7. The van der Waals surface area contributed by atoms with Gasteiger partial charge in [-0.25, -0.2) is 0 Å². The lowest BCUT2D eigenvalue weighted by Crippen LogP contribution is -2.54. The number of carbonyl (C=O) groups excluding carboxylic acids is 8. The summed E-state index contributed by atoms with van der Waals surface area (Å²) in [5.41, 5.74) is 9.27. The Labute approximate surface area is 766 Å². The first-order valence-corrected chi connectivity index (χ1v) is 45.8. The third-order valence-corrected chi connectivity index (χ3v) is 25.1. The molecule has 0 saturated heterocycles. The predicted molar refractivity (Wildman–Crippen MR) is 517 cm³/mol. The molecule has 0 aromatic heterocycles. The van der Waals surface area contributed by atoms with Crippen molar-refractivity contribution >= 4 is 104 Å². The molecule has 10 aromatic rings. The Kier molecular flexibility index (Phi) is 38.9. The van der Waals surface area contributed by atoms with E-state index in [0.717, 1.165) is 131 Å². The van der Waals surface area contributed by atoms with Crippen LogP contribution < -0.4 is 35.8 Å². The number of para-hydroxylation sites is 2. The minimum absolute atomic E-state index is 0.0649. The van der Waals surface area contributed by atoms with Crippen molar-refractivity contribution in [2.45, 2.75) is 174 Å². The maximum atomic E-state index is 14.0. The summed E-state index contributed by atoms with van der Waals surface area (Å²) >= 11 is 4.32. The van der Waals surface area contributed by atoms with Gasteiger partial charge < -0.3 is 35.8 Å². The van der Waals surface area contributed by atoms with E-state index in [9.17, 15) is 38.4 Å². The van der Waals surface area contributed by atoms with Crippen LogP contribution in [0.5, 0.6) is 5.75 Å². The van der Waals surface area contributed by atoms with Crippen LogP contribution in [-0.2, 0) is 38.8 Å². The van der Waals surface area contributed by atoms with E-state index in [1.807, 2.05) is 257 Å². The van der Waals surface area contributed by atoms with E-state index >= 15 is 0 Å². The number of terminal acetylenes is 2. The van der Waals surface area contributed by atoms with E-state index in [1.165, 1.54) is 19.3 Å². The van der Waals surface area contributed by atoms with Gasteiger partial charge >= 0.3 is 0 Å². The van der Waals surface area contributed by atoms with Crippen LogP contribution in [0.25, 0.3) is 0 Å². The molecule has 4 atom stereocenters. The lowest BCUT2D eigenvalue weighted by atomic mass is 9.82. The molecule has 19 heteroatoms. The number of ether oxygens (including phenoxy) is 1. The molecule has 10 aromatic carbocycles. The summed E-state index contributed by atoms with van der Waals surface area (Å²) < 4.78 is 7.04. The van der Waals surface area contributed by atoms with E-state index in [-0.39, 0.29) is 78.1 Å². The molecule has 3 aliphatic carbocycles. The second-order valence-corrected chi connectivity index (χ2v) is 34.2. The van der Waals surface area contributed by atoms with Crippen molar-refractivity contribution in [1.82, 2.24) is 31.1 Å². The van der Waals surface area contributed by atoms with Gasteiger partial charge in [0.1, 0.15) is 29.9 Å². The van der Waals surface area contributed by atoms with Crippen molar-refractivity contribution in [2.24, 2.45) is 17.8 Å². The summed E-state index contributed by atoms with van der Waals surface area (Å²) in [5, 5.41) is 12.3. The summed E-state index contributed by atoms with van der Waals surface area (Å²) in [7, 11) is 1.59. The lowest BCUT2D eigenvalue weighted by molar-refractivity contribution is -0.128. The van der Waals surface area contributed by atoms with Gasteiger partial charge in [0.15, 0.2) is 0 Å². The number of aryl methyl sites for hydroxylation is 2. The summed E-state index contributed by atoms with van der Waals surface area (Å²) in [6.07, 6.45) is 29.0. The number of nitrogens with zero attached hydrogens (tertiary/aromatic N) is 4. The largest absolute Gasteiger partial charge is 0.497 e. The Hall–Kier alpha value is -11.7. The fourth-order valence-corrected chi connectivity index (χ4v) is 17.9.